The Hall–Kier alpha value is -3.65. The number of amides is 1. The van der Waals surface area contributed by atoms with Crippen molar-refractivity contribution in [3.05, 3.63) is 65.5 Å². The number of anilines is 3. The molecule has 1 atom stereocenters. The zero-order chi connectivity index (χ0) is 24.1. The number of carbonyl (C=O) groups excluding carboxylic acids is 1. The molecule has 2 heterocycles. The lowest BCUT2D eigenvalue weighted by Gasteiger charge is -2.17. The van der Waals surface area contributed by atoms with Crippen molar-refractivity contribution in [2.24, 2.45) is 0 Å². The summed E-state index contributed by atoms with van der Waals surface area (Å²) in [5.41, 5.74) is 4.41. The first kappa shape index (κ1) is 23.5. The third-order valence-electron chi connectivity index (χ3n) is 4.91. The summed E-state index contributed by atoms with van der Waals surface area (Å²) in [5, 5.41) is 6.59. The van der Waals surface area contributed by atoms with E-state index in [9.17, 15) is 9.18 Å². The fraction of sp³-hybridized carbons (Fsp3) is 0.250. The van der Waals surface area contributed by atoms with Gasteiger partial charge in [0.05, 0.1) is 29.4 Å². The van der Waals surface area contributed by atoms with Crippen molar-refractivity contribution >= 4 is 45.6 Å². The molecular weight excluding hydrogens is 461 g/mol. The van der Waals surface area contributed by atoms with E-state index in [-0.39, 0.29) is 17.0 Å². The molecule has 1 aromatic heterocycles. The number of ether oxygens (including phenoxy) is 2. The van der Waals surface area contributed by atoms with Gasteiger partial charge in [0.2, 0.25) is 0 Å². The summed E-state index contributed by atoms with van der Waals surface area (Å²) in [7, 11) is 3.67. The number of rotatable bonds is 7. The smallest absolute Gasteiger partial charge is 0.256 e. The van der Waals surface area contributed by atoms with Gasteiger partial charge in [-0.1, -0.05) is 17.3 Å². The van der Waals surface area contributed by atoms with Gasteiger partial charge in [0, 0.05) is 49.9 Å². The van der Waals surface area contributed by atoms with E-state index in [2.05, 4.69) is 26.3 Å². The van der Waals surface area contributed by atoms with Gasteiger partial charge in [-0.2, -0.15) is 0 Å². The summed E-state index contributed by atoms with van der Waals surface area (Å²) in [6.45, 7) is 1.09. The van der Waals surface area contributed by atoms with Crippen molar-refractivity contribution in [1.82, 2.24) is 14.9 Å². The van der Waals surface area contributed by atoms with Crippen molar-refractivity contribution in [1.29, 1.82) is 0 Å². The van der Waals surface area contributed by atoms with Gasteiger partial charge in [-0.25, -0.2) is 14.4 Å². The highest BCUT2D eigenvalue weighted by molar-refractivity contribution is 6.31. The summed E-state index contributed by atoms with van der Waals surface area (Å²) in [6.07, 6.45) is 4.97. The van der Waals surface area contributed by atoms with Crippen LogP contribution in [-0.2, 0) is 9.53 Å². The fourth-order valence-corrected chi connectivity index (χ4v) is 3.49. The Labute approximate surface area is 201 Å². The summed E-state index contributed by atoms with van der Waals surface area (Å²) in [5.74, 6) is 0.0400. The van der Waals surface area contributed by atoms with Crippen molar-refractivity contribution in [3.63, 3.8) is 0 Å². The summed E-state index contributed by atoms with van der Waals surface area (Å²) < 4.78 is 25.1. The molecule has 1 amide bonds. The lowest BCUT2D eigenvalue weighted by molar-refractivity contribution is -0.111. The van der Waals surface area contributed by atoms with Crippen LogP contribution in [0.2, 0.25) is 5.02 Å². The first-order valence-electron chi connectivity index (χ1n) is 10.5. The number of nitrogens with one attached hydrogen (secondary N) is 2. The molecule has 176 valence electrons. The molecule has 4 rings (SSSR count). The first-order valence-corrected chi connectivity index (χ1v) is 10.9. The number of aromatic nitrogens is 2. The van der Waals surface area contributed by atoms with Crippen molar-refractivity contribution < 1.29 is 18.7 Å². The van der Waals surface area contributed by atoms with E-state index >= 15 is 0 Å². The number of fused-ring (bicyclic) bond motifs is 1. The maximum absolute atomic E-state index is 13.5. The molecule has 1 saturated heterocycles. The van der Waals surface area contributed by atoms with E-state index in [4.69, 9.17) is 21.1 Å². The average molecular weight is 484 g/mol. The topological polar surface area (TPSA) is 88.6 Å². The van der Waals surface area contributed by atoms with Gasteiger partial charge in [0.25, 0.3) is 5.91 Å². The van der Waals surface area contributed by atoms with E-state index in [0.717, 1.165) is 6.42 Å². The van der Waals surface area contributed by atoms with Crippen LogP contribution in [0.4, 0.5) is 21.6 Å². The largest absolute Gasteiger partial charge is 0.486 e. The van der Waals surface area contributed by atoms with E-state index in [1.165, 1.54) is 24.5 Å². The summed E-state index contributed by atoms with van der Waals surface area (Å²) in [4.78, 5) is 23.0. The van der Waals surface area contributed by atoms with Gasteiger partial charge in [0.1, 0.15) is 29.8 Å². The third kappa shape index (κ3) is 5.82. The van der Waals surface area contributed by atoms with Crippen molar-refractivity contribution in [2.45, 2.75) is 12.5 Å². The van der Waals surface area contributed by atoms with Gasteiger partial charge in [-0.3, -0.25) is 4.79 Å². The number of nitrogens with zero attached hydrogens (tertiary/aromatic N) is 3. The standard InChI is InChI=1S/C24H23ClFN5O3/c1-31(2)8-3-4-23(32)30-21-11-17-20(12-22(21)34-16-7-9-33-13-16)27-14-28-24(17)29-15-5-6-19(26)18(25)10-15/h4-6,8,10-12,14,16H,7,9,13H2,1-2H3,(H,30,32)(H,27,28,29)/t3?,16-/m0/s1. The second-order valence-corrected chi connectivity index (χ2v) is 8.25. The van der Waals surface area contributed by atoms with Crippen LogP contribution >= 0.6 is 11.6 Å². The Morgan fingerprint density at radius 1 is 1.32 bits per heavy atom. The Morgan fingerprint density at radius 3 is 2.91 bits per heavy atom. The number of benzene rings is 2. The van der Waals surface area contributed by atoms with Gasteiger partial charge >= 0.3 is 0 Å². The zero-order valence-corrected chi connectivity index (χ0v) is 19.4. The number of carbonyl (C=O) groups is 1. The molecular formula is C24H23ClFN5O3. The minimum absolute atomic E-state index is 0.0108. The molecule has 2 N–H and O–H groups in total. The fourth-order valence-electron chi connectivity index (χ4n) is 3.31. The van der Waals surface area contributed by atoms with Crippen LogP contribution in [0, 0.1) is 5.82 Å². The highest BCUT2D eigenvalue weighted by Gasteiger charge is 2.20. The molecule has 8 nitrogen and oxygen atoms in total. The minimum atomic E-state index is -0.515. The Kier molecular flexibility index (Phi) is 7.27. The molecule has 1 aliphatic heterocycles. The monoisotopic (exact) mass is 483 g/mol. The van der Waals surface area contributed by atoms with Crippen LogP contribution in [0.1, 0.15) is 6.42 Å². The lowest BCUT2D eigenvalue weighted by Crippen LogP contribution is -2.18. The normalized spacial score (nSPS) is 14.9. The SMILES string of the molecule is CN(C)C=C=CC(=O)Nc1cc2c(Nc3ccc(F)c(Cl)c3)ncnc2cc1O[C@H]1CCOC1. The molecule has 0 bridgehead atoms. The lowest BCUT2D eigenvalue weighted by atomic mass is 10.1. The molecule has 2 aromatic carbocycles. The molecule has 0 aliphatic carbocycles. The maximum Gasteiger partial charge on any atom is 0.256 e. The molecule has 3 aromatic rings. The van der Waals surface area contributed by atoms with Crippen LogP contribution in [0.25, 0.3) is 10.9 Å². The Bertz CT molecular complexity index is 1270. The van der Waals surface area contributed by atoms with Crippen LogP contribution in [0.3, 0.4) is 0 Å². The summed E-state index contributed by atoms with van der Waals surface area (Å²) in [6, 6.07) is 7.76. The Morgan fingerprint density at radius 2 is 2.18 bits per heavy atom. The van der Waals surface area contributed by atoms with Gasteiger partial charge in [0.15, 0.2) is 0 Å². The predicted octanol–water partition coefficient (Wildman–Crippen LogP) is 4.50. The van der Waals surface area contributed by atoms with E-state index in [1.807, 2.05) is 14.1 Å². The minimum Gasteiger partial charge on any atom is -0.486 e. The molecule has 0 spiro atoms. The van der Waals surface area contributed by atoms with E-state index in [0.29, 0.717) is 47.1 Å². The summed E-state index contributed by atoms with van der Waals surface area (Å²) >= 11 is 5.91. The van der Waals surface area contributed by atoms with Crippen LogP contribution in [0.5, 0.6) is 5.75 Å². The van der Waals surface area contributed by atoms with Gasteiger partial charge in [-0.15, -0.1) is 0 Å². The molecule has 0 unspecified atom stereocenters. The number of hydrogen-bond donors (Lipinski definition) is 2. The van der Waals surface area contributed by atoms with Crippen molar-refractivity contribution in [2.75, 3.05) is 37.9 Å². The second-order valence-electron chi connectivity index (χ2n) is 7.84. The highest BCUT2D eigenvalue weighted by Crippen LogP contribution is 2.35. The van der Waals surface area contributed by atoms with Crippen LogP contribution < -0.4 is 15.4 Å². The zero-order valence-electron chi connectivity index (χ0n) is 18.6. The molecule has 0 radical (unpaired) electrons. The second kappa shape index (κ2) is 10.5. The quantitative estimate of drug-likeness (QED) is 0.378. The molecule has 34 heavy (non-hydrogen) atoms. The predicted molar refractivity (Wildman–Crippen MR) is 129 cm³/mol. The van der Waals surface area contributed by atoms with Gasteiger partial charge < -0.3 is 25.0 Å². The van der Waals surface area contributed by atoms with Gasteiger partial charge in [-0.05, 0) is 24.3 Å². The Balaban J connectivity index is 1.71. The molecule has 0 saturated carbocycles. The van der Waals surface area contributed by atoms with Crippen LogP contribution in [0.15, 0.2) is 54.7 Å². The number of halogens is 2. The van der Waals surface area contributed by atoms with Crippen LogP contribution in [-0.4, -0.2) is 54.2 Å². The highest BCUT2D eigenvalue weighted by atomic mass is 35.5. The van der Waals surface area contributed by atoms with Crippen molar-refractivity contribution in [3.8, 4) is 5.75 Å². The maximum atomic E-state index is 13.5. The van der Waals surface area contributed by atoms with E-state index in [1.54, 1.807) is 29.3 Å². The first-order chi connectivity index (χ1) is 16.4. The molecule has 1 fully saturated rings. The third-order valence-corrected chi connectivity index (χ3v) is 5.20. The number of hydrogen-bond acceptors (Lipinski definition) is 7. The molecule has 1 aliphatic rings. The average Bonchev–Trinajstić information content (AvgIpc) is 3.30. The van der Waals surface area contributed by atoms with E-state index < -0.39 is 5.82 Å². The molecule has 10 heteroatoms.